The molecule has 55 heavy (non-hydrogen) atoms. The predicted molar refractivity (Wildman–Crippen MR) is 216 cm³/mol. The Kier molecular flexibility index (Phi) is 6.99. The van der Waals surface area contributed by atoms with Crippen LogP contribution in [0.25, 0.3) is 107 Å². The van der Waals surface area contributed by atoms with E-state index >= 15 is 0 Å². The minimum absolute atomic E-state index is 0.508. The number of nitrogens with zero attached hydrogens (tertiary/aromatic N) is 6. The molecule has 11 aromatic rings. The van der Waals surface area contributed by atoms with E-state index in [1.54, 1.807) is 0 Å². The molecule has 0 bridgehead atoms. The second-order valence-corrected chi connectivity index (χ2v) is 13.3. The van der Waals surface area contributed by atoms with E-state index in [1.165, 1.54) is 10.8 Å². The molecule has 7 aromatic carbocycles. The van der Waals surface area contributed by atoms with Gasteiger partial charge in [0, 0.05) is 38.6 Å². The van der Waals surface area contributed by atoms with Crippen molar-refractivity contribution < 1.29 is 8.83 Å². The van der Waals surface area contributed by atoms with Gasteiger partial charge in [-0.1, -0.05) is 84.9 Å². The monoisotopic (exact) mass is 708 g/mol. The third kappa shape index (κ3) is 5.27. The Labute approximate surface area is 314 Å². The quantitative estimate of drug-likeness (QED) is 0.170. The average Bonchev–Trinajstić information content (AvgIpc) is 3.98. The number of hydrogen-bond donors (Lipinski definition) is 0. The summed E-state index contributed by atoms with van der Waals surface area (Å²) < 4.78 is 14.6. The fourth-order valence-electron chi connectivity index (χ4n) is 7.34. The standard InChI is InChI=1S/C47H28N6O2/c1-3-13-29(14-4-1)46-48-36-27-31(23-25-41(36)54-46)43-50-44(32-24-26-42-37(28-32)49-47(55-42)30-15-5-2-6-16-30)52-45(51-43)35-19-9-12-22-40(35)53-38-20-10-7-17-33(38)34-18-8-11-21-39(34)53/h1-28H. The van der Waals surface area contributed by atoms with E-state index in [9.17, 15) is 0 Å². The number of fused-ring (bicyclic) bond motifs is 5. The van der Waals surface area contributed by atoms with Crippen LogP contribution in [0, 0.1) is 0 Å². The minimum atomic E-state index is 0.508. The number of hydrogen-bond acceptors (Lipinski definition) is 7. The Morgan fingerprint density at radius 1 is 0.364 bits per heavy atom. The van der Waals surface area contributed by atoms with Crippen LogP contribution in [0.15, 0.2) is 179 Å². The van der Waals surface area contributed by atoms with Crippen LogP contribution < -0.4 is 0 Å². The zero-order chi connectivity index (χ0) is 36.3. The second-order valence-electron chi connectivity index (χ2n) is 13.3. The van der Waals surface area contributed by atoms with E-state index in [0.29, 0.717) is 51.5 Å². The van der Waals surface area contributed by atoms with Crippen molar-refractivity contribution in [1.82, 2.24) is 29.5 Å². The topological polar surface area (TPSA) is 95.7 Å². The molecule has 4 heterocycles. The van der Waals surface area contributed by atoms with Crippen molar-refractivity contribution in [3.05, 3.63) is 170 Å². The minimum Gasteiger partial charge on any atom is -0.436 e. The van der Waals surface area contributed by atoms with Gasteiger partial charge in [-0.2, -0.15) is 0 Å². The van der Waals surface area contributed by atoms with E-state index in [2.05, 4.69) is 71.3 Å². The SMILES string of the molecule is c1ccc(-c2nc3cc(-c4nc(-c5ccc6oc(-c7ccccc7)nc6c5)nc(-c5ccccc5-n5c6ccccc6c6ccccc65)n4)ccc3o2)cc1. The van der Waals surface area contributed by atoms with Gasteiger partial charge in [0.2, 0.25) is 11.8 Å². The maximum absolute atomic E-state index is 6.15. The third-order valence-corrected chi connectivity index (χ3v) is 9.93. The van der Waals surface area contributed by atoms with Crippen molar-refractivity contribution in [3.63, 3.8) is 0 Å². The summed E-state index contributed by atoms with van der Waals surface area (Å²) in [6.07, 6.45) is 0. The summed E-state index contributed by atoms with van der Waals surface area (Å²) in [6.45, 7) is 0. The Bertz CT molecular complexity index is 3030. The molecule has 0 radical (unpaired) electrons. The molecule has 8 nitrogen and oxygen atoms in total. The summed E-state index contributed by atoms with van der Waals surface area (Å²) in [7, 11) is 0. The molecule has 4 aromatic heterocycles. The average molecular weight is 709 g/mol. The summed E-state index contributed by atoms with van der Waals surface area (Å²) >= 11 is 0. The zero-order valence-corrected chi connectivity index (χ0v) is 29.2. The Morgan fingerprint density at radius 2 is 0.818 bits per heavy atom. The van der Waals surface area contributed by atoms with Gasteiger partial charge >= 0.3 is 0 Å². The predicted octanol–water partition coefficient (Wildman–Crippen LogP) is 11.6. The van der Waals surface area contributed by atoms with Gasteiger partial charge in [-0.25, -0.2) is 24.9 Å². The fraction of sp³-hybridized carbons (Fsp3) is 0. The van der Waals surface area contributed by atoms with Crippen LogP contribution in [0.1, 0.15) is 0 Å². The lowest BCUT2D eigenvalue weighted by Gasteiger charge is -2.14. The number of rotatable bonds is 6. The highest BCUT2D eigenvalue weighted by Gasteiger charge is 2.20. The summed E-state index contributed by atoms with van der Waals surface area (Å²) in [5.41, 5.74) is 10.2. The van der Waals surface area contributed by atoms with E-state index in [1.807, 2.05) is 103 Å². The van der Waals surface area contributed by atoms with Crippen molar-refractivity contribution in [2.45, 2.75) is 0 Å². The van der Waals surface area contributed by atoms with E-state index in [4.69, 9.17) is 33.8 Å². The molecule has 0 saturated heterocycles. The molecule has 11 rings (SSSR count). The second kappa shape index (κ2) is 12.5. The molecule has 0 aliphatic heterocycles. The van der Waals surface area contributed by atoms with E-state index in [-0.39, 0.29) is 0 Å². The first-order chi connectivity index (χ1) is 27.2. The van der Waals surface area contributed by atoms with Gasteiger partial charge in [0.1, 0.15) is 11.0 Å². The third-order valence-electron chi connectivity index (χ3n) is 9.93. The van der Waals surface area contributed by atoms with Crippen LogP contribution in [0.5, 0.6) is 0 Å². The smallest absolute Gasteiger partial charge is 0.227 e. The molecular formula is C47H28N6O2. The van der Waals surface area contributed by atoms with Crippen molar-refractivity contribution in [3.8, 4) is 62.8 Å². The summed E-state index contributed by atoms with van der Waals surface area (Å²) in [5, 5.41) is 2.35. The molecule has 0 unspecified atom stereocenters. The molecule has 0 saturated carbocycles. The van der Waals surface area contributed by atoms with Crippen molar-refractivity contribution >= 4 is 44.0 Å². The van der Waals surface area contributed by atoms with Crippen LogP contribution in [0.2, 0.25) is 0 Å². The highest BCUT2D eigenvalue weighted by atomic mass is 16.4. The molecule has 0 amide bonds. The van der Waals surface area contributed by atoms with Crippen molar-refractivity contribution in [2.75, 3.05) is 0 Å². The van der Waals surface area contributed by atoms with Gasteiger partial charge in [-0.15, -0.1) is 0 Å². The van der Waals surface area contributed by atoms with Crippen LogP contribution in [0.4, 0.5) is 0 Å². The molecule has 0 aliphatic carbocycles. The number of para-hydroxylation sites is 3. The normalized spacial score (nSPS) is 11.6. The summed E-state index contributed by atoms with van der Waals surface area (Å²) in [6, 6.07) is 56.7. The highest BCUT2D eigenvalue weighted by Crippen LogP contribution is 2.37. The number of oxazole rings is 2. The van der Waals surface area contributed by atoms with Gasteiger partial charge in [0.05, 0.1) is 16.7 Å². The van der Waals surface area contributed by atoms with Gasteiger partial charge in [0.25, 0.3) is 0 Å². The maximum atomic E-state index is 6.15. The van der Waals surface area contributed by atoms with E-state index < -0.39 is 0 Å². The molecule has 0 spiro atoms. The van der Waals surface area contributed by atoms with Gasteiger partial charge < -0.3 is 13.4 Å². The van der Waals surface area contributed by atoms with Crippen molar-refractivity contribution in [1.29, 1.82) is 0 Å². The first-order valence-electron chi connectivity index (χ1n) is 18.0. The van der Waals surface area contributed by atoms with Gasteiger partial charge in [0.15, 0.2) is 28.6 Å². The lowest BCUT2D eigenvalue weighted by Crippen LogP contribution is -2.03. The number of aromatic nitrogens is 6. The summed E-state index contributed by atoms with van der Waals surface area (Å²) in [5.74, 6) is 2.66. The Hall–Kier alpha value is -7.71. The van der Waals surface area contributed by atoms with E-state index in [0.717, 1.165) is 44.5 Å². The maximum Gasteiger partial charge on any atom is 0.227 e. The number of benzene rings is 7. The molecule has 0 fully saturated rings. The van der Waals surface area contributed by atoms with Gasteiger partial charge in [-0.05, 0) is 84.9 Å². The van der Waals surface area contributed by atoms with Crippen LogP contribution >= 0.6 is 0 Å². The Balaban J connectivity index is 1.11. The largest absolute Gasteiger partial charge is 0.436 e. The lowest BCUT2D eigenvalue weighted by atomic mass is 10.1. The molecule has 258 valence electrons. The molecular weight excluding hydrogens is 681 g/mol. The lowest BCUT2D eigenvalue weighted by molar-refractivity contribution is 0.619. The van der Waals surface area contributed by atoms with Crippen molar-refractivity contribution in [2.24, 2.45) is 0 Å². The Morgan fingerprint density at radius 3 is 1.36 bits per heavy atom. The highest BCUT2D eigenvalue weighted by molar-refractivity contribution is 6.09. The fourth-order valence-corrected chi connectivity index (χ4v) is 7.34. The first kappa shape index (κ1) is 30.9. The molecule has 8 heteroatoms. The molecule has 0 N–H and O–H groups in total. The van der Waals surface area contributed by atoms with Crippen LogP contribution in [-0.2, 0) is 0 Å². The molecule has 0 atom stereocenters. The molecule has 0 aliphatic rings. The van der Waals surface area contributed by atoms with Crippen LogP contribution in [-0.4, -0.2) is 29.5 Å². The summed E-state index contributed by atoms with van der Waals surface area (Å²) in [4.78, 5) is 25.1. The first-order valence-corrected chi connectivity index (χ1v) is 18.0. The zero-order valence-electron chi connectivity index (χ0n) is 29.2. The van der Waals surface area contributed by atoms with Gasteiger partial charge in [-0.3, -0.25) is 0 Å². The van der Waals surface area contributed by atoms with Crippen LogP contribution in [0.3, 0.4) is 0 Å².